The zero-order chi connectivity index (χ0) is 30.4. The van der Waals surface area contributed by atoms with Crippen LogP contribution in [-0.4, -0.2) is 60.2 Å². The van der Waals surface area contributed by atoms with Crippen LogP contribution in [0, 0.1) is 0 Å². The van der Waals surface area contributed by atoms with Crippen molar-refractivity contribution in [2.24, 2.45) is 0 Å². The highest BCUT2D eigenvalue weighted by Gasteiger charge is 2.30. The number of hydrogen-bond donors (Lipinski definition) is 2. The summed E-state index contributed by atoms with van der Waals surface area (Å²) < 4.78 is 49.8. The van der Waals surface area contributed by atoms with E-state index in [9.17, 15) is 27.9 Å². The Kier molecular flexibility index (Phi) is 13.0. The number of aliphatic carboxylic acids is 1. The van der Waals surface area contributed by atoms with Crippen LogP contribution in [0.15, 0.2) is 78.9 Å². The van der Waals surface area contributed by atoms with Gasteiger partial charge < -0.3 is 24.8 Å². The molecule has 226 valence electrons. The molecule has 42 heavy (non-hydrogen) atoms. The van der Waals surface area contributed by atoms with E-state index in [-0.39, 0.29) is 25.3 Å². The fraction of sp³-hybridized carbons (Fsp3) is 0.355. The van der Waals surface area contributed by atoms with Crippen molar-refractivity contribution in [2.75, 3.05) is 37.4 Å². The van der Waals surface area contributed by atoms with E-state index in [0.29, 0.717) is 18.9 Å². The van der Waals surface area contributed by atoms with Gasteiger partial charge >= 0.3 is 18.2 Å². The summed E-state index contributed by atoms with van der Waals surface area (Å²) in [5.41, 5.74) is 1.48. The van der Waals surface area contributed by atoms with Gasteiger partial charge in [-0.05, 0) is 66.6 Å². The highest BCUT2D eigenvalue weighted by Crippen LogP contribution is 2.30. The van der Waals surface area contributed by atoms with Gasteiger partial charge in [0, 0.05) is 31.0 Å². The Bertz CT molecular complexity index is 1240. The summed E-state index contributed by atoms with van der Waals surface area (Å²) >= 11 is 1.76. The molecule has 0 aliphatic heterocycles. The first-order valence-electron chi connectivity index (χ1n) is 13.6. The highest BCUT2D eigenvalue weighted by atomic mass is 32.2. The van der Waals surface area contributed by atoms with E-state index in [4.69, 9.17) is 9.47 Å². The van der Waals surface area contributed by atoms with E-state index in [1.54, 1.807) is 47.9 Å². The monoisotopic (exact) mass is 604 g/mol. The van der Waals surface area contributed by atoms with Crippen LogP contribution >= 0.6 is 11.8 Å². The first-order chi connectivity index (χ1) is 20.2. The van der Waals surface area contributed by atoms with E-state index in [1.807, 2.05) is 18.2 Å². The second kappa shape index (κ2) is 16.7. The summed E-state index contributed by atoms with van der Waals surface area (Å²) in [6, 6.07) is 20.9. The minimum Gasteiger partial charge on any atom is -0.492 e. The minimum atomic E-state index is -4.46. The van der Waals surface area contributed by atoms with Crippen LogP contribution in [0.2, 0.25) is 0 Å². The normalized spacial score (nSPS) is 12.0. The van der Waals surface area contributed by atoms with Crippen LogP contribution < -0.4 is 10.1 Å². The molecule has 0 bridgehead atoms. The van der Waals surface area contributed by atoms with E-state index >= 15 is 0 Å². The molecule has 0 fully saturated rings. The maximum atomic E-state index is 13.0. The van der Waals surface area contributed by atoms with Crippen molar-refractivity contribution < 1.29 is 37.3 Å². The van der Waals surface area contributed by atoms with Crippen LogP contribution in [0.5, 0.6) is 5.75 Å². The molecular formula is C31H35F3N2O5S. The van der Waals surface area contributed by atoms with E-state index < -0.39 is 29.8 Å². The first kappa shape index (κ1) is 32.8. The number of ether oxygens (including phenoxy) is 2. The van der Waals surface area contributed by atoms with Gasteiger partial charge in [-0.25, -0.2) is 9.59 Å². The molecule has 2 amide bonds. The van der Waals surface area contributed by atoms with E-state index in [2.05, 4.69) is 17.4 Å². The minimum absolute atomic E-state index is 0.188. The van der Waals surface area contributed by atoms with Gasteiger partial charge in [-0.15, -0.1) is 0 Å². The third kappa shape index (κ3) is 11.3. The number of rotatable bonds is 16. The van der Waals surface area contributed by atoms with E-state index in [1.165, 1.54) is 17.7 Å². The number of carboxylic acids is 1. The Labute approximate surface area is 248 Å². The van der Waals surface area contributed by atoms with Crippen LogP contribution in [0.4, 0.5) is 23.7 Å². The number of amides is 2. The molecule has 1 unspecified atom stereocenters. The second-order valence-electron chi connectivity index (χ2n) is 9.36. The molecule has 0 aliphatic carbocycles. The van der Waals surface area contributed by atoms with Crippen molar-refractivity contribution in [2.45, 2.75) is 37.8 Å². The quantitative estimate of drug-likeness (QED) is 0.172. The molecular weight excluding hydrogens is 569 g/mol. The standard InChI is InChI=1S/C31H35F3N2O5S/c1-2-40-28(29(37)38)21-23-9-15-27(16-10-23)41-19-18-36(17-6-20-42-22-24-7-4-3-5-8-24)30(39)35-26-13-11-25(12-14-26)31(32,33)34/h3-5,7-16,28H,2,6,17-22H2,1H3,(H,35,39)(H,37,38). The number of anilines is 1. The summed E-state index contributed by atoms with van der Waals surface area (Å²) in [7, 11) is 0. The number of nitrogens with one attached hydrogen (secondary N) is 1. The van der Waals surface area contributed by atoms with Crippen LogP contribution in [-0.2, 0) is 27.9 Å². The Balaban J connectivity index is 1.55. The number of carboxylic acid groups (broad SMARTS) is 1. The fourth-order valence-electron chi connectivity index (χ4n) is 4.01. The molecule has 2 N–H and O–H groups in total. The molecule has 0 aromatic heterocycles. The molecule has 11 heteroatoms. The van der Waals surface area contributed by atoms with Gasteiger partial charge in [0.25, 0.3) is 0 Å². The largest absolute Gasteiger partial charge is 0.492 e. The number of alkyl halides is 3. The first-order valence-corrected chi connectivity index (χ1v) is 14.7. The van der Waals surface area contributed by atoms with Gasteiger partial charge in [0.1, 0.15) is 12.4 Å². The maximum absolute atomic E-state index is 13.0. The lowest BCUT2D eigenvalue weighted by Crippen LogP contribution is -2.38. The predicted octanol–water partition coefficient (Wildman–Crippen LogP) is 6.97. The molecule has 1 atom stereocenters. The summed E-state index contributed by atoms with van der Waals surface area (Å²) in [6.07, 6.45) is -4.44. The van der Waals surface area contributed by atoms with Gasteiger partial charge in [-0.2, -0.15) is 24.9 Å². The second-order valence-corrected chi connectivity index (χ2v) is 10.5. The van der Waals surface area contributed by atoms with Crippen molar-refractivity contribution in [3.8, 4) is 5.75 Å². The number of carbonyl (C=O) groups is 2. The third-order valence-electron chi connectivity index (χ3n) is 6.20. The molecule has 0 aliphatic rings. The van der Waals surface area contributed by atoms with Crippen molar-refractivity contribution in [3.05, 3.63) is 95.6 Å². The van der Waals surface area contributed by atoms with Crippen molar-refractivity contribution in [3.63, 3.8) is 0 Å². The summed E-state index contributed by atoms with van der Waals surface area (Å²) in [4.78, 5) is 26.0. The Hall–Kier alpha value is -3.70. The fourth-order valence-corrected chi connectivity index (χ4v) is 4.92. The molecule has 0 radical (unpaired) electrons. The molecule has 0 saturated carbocycles. The highest BCUT2D eigenvalue weighted by molar-refractivity contribution is 7.98. The topological polar surface area (TPSA) is 88.1 Å². The number of benzene rings is 3. The lowest BCUT2D eigenvalue weighted by Gasteiger charge is -2.23. The Morgan fingerprint density at radius 1 is 0.952 bits per heavy atom. The van der Waals surface area contributed by atoms with Crippen LogP contribution in [0.1, 0.15) is 30.0 Å². The summed E-state index contributed by atoms with van der Waals surface area (Å²) in [5.74, 6) is 1.21. The average Bonchev–Trinajstić information content (AvgIpc) is 2.97. The SMILES string of the molecule is CCOC(Cc1ccc(OCCN(CCCSCc2ccccc2)C(=O)Nc2ccc(C(F)(F)F)cc2)cc1)C(=O)O. The average molecular weight is 605 g/mol. The van der Waals surface area contributed by atoms with Gasteiger partial charge in [0.05, 0.1) is 12.1 Å². The molecule has 3 rings (SSSR count). The summed E-state index contributed by atoms with van der Waals surface area (Å²) in [5, 5.41) is 12.0. The molecule has 0 heterocycles. The molecule has 3 aromatic rings. The van der Waals surface area contributed by atoms with Crippen molar-refractivity contribution in [1.29, 1.82) is 0 Å². The zero-order valence-corrected chi connectivity index (χ0v) is 24.1. The number of thioether (sulfide) groups is 1. The molecule has 0 saturated heterocycles. The number of halogens is 3. The maximum Gasteiger partial charge on any atom is 0.416 e. The third-order valence-corrected chi connectivity index (χ3v) is 7.31. The number of carbonyl (C=O) groups excluding carboxylic acids is 1. The number of hydrogen-bond acceptors (Lipinski definition) is 5. The van der Waals surface area contributed by atoms with E-state index in [0.717, 1.165) is 35.6 Å². The van der Waals surface area contributed by atoms with Gasteiger partial charge in [0.15, 0.2) is 6.10 Å². The Morgan fingerprint density at radius 2 is 1.64 bits per heavy atom. The Morgan fingerprint density at radius 3 is 2.26 bits per heavy atom. The smallest absolute Gasteiger partial charge is 0.416 e. The zero-order valence-electron chi connectivity index (χ0n) is 23.3. The number of urea groups is 1. The lowest BCUT2D eigenvalue weighted by atomic mass is 10.1. The van der Waals surface area contributed by atoms with Gasteiger partial charge in [0.2, 0.25) is 0 Å². The van der Waals surface area contributed by atoms with Crippen molar-refractivity contribution in [1.82, 2.24) is 4.90 Å². The summed E-state index contributed by atoms with van der Waals surface area (Å²) in [6.45, 7) is 2.91. The predicted molar refractivity (Wildman–Crippen MR) is 158 cm³/mol. The van der Waals surface area contributed by atoms with Gasteiger partial charge in [-0.3, -0.25) is 0 Å². The van der Waals surface area contributed by atoms with Crippen molar-refractivity contribution >= 4 is 29.4 Å². The number of nitrogens with zero attached hydrogens (tertiary/aromatic N) is 1. The van der Waals surface area contributed by atoms with Gasteiger partial charge in [-0.1, -0.05) is 42.5 Å². The molecule has 3 aromatic carbocycles. The van der Waals surface area contributed by atoms with Crippen LogP contribution in [0.3, 0.4) is 0 Å². The van der Waals surface area contributed by atoms with Crippen LogP contribution in [0.25, 0.3) is 0 Å². The molecule has 0 spiro atoms. The molecule has 7 nitrogen and oxygen atoms in total. The lowest BCUT2D eigenvalue weighted by molar-refractivity contribution is -0.150.